The second kappa shape index (κ2) is 5.75. The van der Waals surface area contributed by atoms with E-state index in [2.05, 4.69) is 5.32 Å². The Balaban J connectivity index is 2.34. The minimum atomic E-state index is -0.622. The van der Waals surface area contributed by atoms with Gasteiger partial charge in [-0.1, -0.05) is 11.6 Å². The number of nitrogens with zero attached hydrogens (tertiary/aromatic N) is 1. The van der Waals surface area contributed by atoms with Gasteiger partial charge < -0.3 is 10.1 Å². The Kier molecular flexibility index (Phi) is 4.05. The lowest BCUT2D eigenvalue weighted by Crippen LogP contribution is -1.94. The number of nitro groups is 1. The first-order valence-corrected chi connectivity index (χ1v) is 5.97. The molecule has 0 fully saturated rings. The van der Waals surface area contributed by atoms with Gasteiger partial charge in [0.15, 0.2) is 0 Å². The maximum atomic E-state index is 13.3. The van der Waals surface area contributed by atoms with Gasteiger partial charge in [-0.05, 0) is 12.1 Å². The number of nitro benzene ring substituents is 1. The highest BCUT2D eigenvalue weighted by Gasteiger charge is 2.11. The van der Waals surface area contributed by atoms with Gasteiger partial charge in [-0.15, -0.1) is 0 Å². The van der Waals surface area contributed by atoms with Crippen LogP contribution in [0.1, 0.15) is 0 Å². The summed E-state index contributed by atoms with van der Waals surface area (Å²) in [5.74, 6) is -0.192. The lowest BCUT2D eigenvalue weighted by Gasteiger charge is -2.08. The van der Waals surface area contributed by atoms with Crippen LogP contribution in [0.4, 0.5) is 15.8 Å². The number of hydrogen-bond donors (Lipinski definition) is 1. The maximum Gasteiger partial charge on any atom is 0.275 e. The normalized spacial score (nSPS) is 10.2. The molecule has 104 valence electrons. The first-order valence-electron chi connectivity index (χ1n) is 5.60. The fourth-order valence-corrected chi connectivity index (χ4v) is 1.69. The molecule has 20 heavy (non-hydrogen) atoms. The first kappa shape index (κ1) is 14.1. The zero-order valence-corrected chi connectivity index (χ0v) is 11.1. The van der Waals surface area contributed by atoms with E-state index in [1.807, 2.05) is 0 Å². The third kappa shape index (κ3) is 3.16. The van der Waals surface area contributed by atoms with Crippen molar-refractivity contribution in [2.75, 3.05) is 12.4 Å². The Labute approximate surface area is 119 Å². The van der Waals surface area contributed by atoms with Gasteiger partial charge >= 0.3 is 0 Å². The molecule has 1 N–H and O–H groups in total. The average molecular weight is 297 g/mol. The fourth-order valence-electron chi connectivity index (χ4n) is 1.57. The number of halogens is 2. The second-order valence-corrected chi connectivity index (χ2v) is 4.31. The summed E-state index contributed by atoms with van der Waals surface area (Å²) >= 11 is 5.57. The molecule has 0 spiro atoms. The number of non-ortho nitro benzene ring substituents is 1. The highest BCUT2D eigenvalue weighted by atomic mass is 35.5. The van der Waals surface area contributed by atoms with Crippen LogP contribution in [0.3, 0.4) is 0 Å². The number of anilines is 1. The molecule has 0 aliphatic carbocycles. The standard InChI is InChI=1S/C13H10ClFN2O3/c1-16-8-4-9(17(18)19)6-11(5-8)20-10-2-3-12(14)13(15)7-10/h2-7,16H,1H3. The van der Waals surface area contributed by atoms with Crippen LogP contribution >= 0.6 is 11.6 Å². The van der Waals surface area contributed by atoms with Crippen LogP contribution < -0.4 is 10.1 Å². The minimum Gasteiger partial charge on any atom is -0.457 e. The molecule has 0 atom stereocenters. The molecule has 0 amide bonds. The zero-order valence-electron chi connectivity index (χ0n) is 10.4. The van der Waals surface area contributed by atoms with Gasteiger partial charge in [-0.2, -0.15) is 0 Å². The minimum absolute atomic E-state index is 0.0210. The first-order chi connectivity index (χ1) is 9.49. The molecule has 0 heterocycles. The van der Waals surface area contributed by atoms with E-state index < -0.39 is 10.7 Å². The molecule has 0 bridgehead atoms. The van der Waals surface area contributed by atoms with Gasteiger partial charge in [0, 0.05) is 30.9 Å². The number of hydrogen-bond acceptors (Lipinski definition) is 4. The lowest BCUT2D eigenvalue weighted by atomic mass is 10.2. The van der Waals surface area contributed by atoms with Gasteiger partial charge in [0.1, 0.15) is 17.3 Å². The molecule has 2 rings (SSSR count). The quantitative estimate of drug-likeness (QED) is 0.677. The van der Waals surface area contributed by atoms with Crippen LogP contribution in [0.15, 0.2) is 36.4 Å². The summed E-state index contributed by atoms with van der Waals surface area (Å²) in [4.78, 5) is 10.3. The predicted molar refractivity (Wildman–Crippen MR) is 74.1 cm³/mol. The summed E-state index contributed by atoms with van der Waals surface area (Å²) in [7, 11) is 1.63. The van der Waals surface area contributed by atoms with Gasteiger partial charge in [-0.25, -0.2) is 4.39 Å². The average Bonchev–Trinajstić information content (AvgIpc) is 2.42. The van der Waals surface area contributed by atoms with E-state index in [0.29, 0.717) is 5.69 Å². The van der Waals surface area contributed by atoms with Crippen LogP contribution in [-0.2, 0) is 0 Å². The molecular formula is C13H10ClFN2O3. The Morgan fingerprint density at radius 2 is 2.00 bits per heavy atom. The molecule has 0 saturated heterocycles. The van der Waals surface area contributed by atoms with Crippen LogP contribution in [0, 0.1) is 15.9 Å². The summed E-state index contributed by atoms with van der Waals surface area (Å²) in [6, 6.07) is 8.13. The molecule has 0 radical (unpaired) electrons. The molecule has 0 aliphatic rings. The molecule has 5 nitrogen and oxygen atoms in total. The van der Waals surface area contributed by atoms with Crippen molar-refractivity contribution in [1.82, 2.24) is 0 Å². The maximum absolute atomic E-state index is 13.3. The predicted octanol–water partition coefficient (Wildman–Crippen LogP) is 4.22. The summed E-state index contributed by atoms with van der Waals surface area (Å²) in [6.45, 7) is 0. The Morgan fingerprint density at radius 1 is 1.25 bits per heavy atom. The fraction of sp³-hybridized carbons (Fsp3) is 0.0769. The van der Waals surface area contributed by atoms with Gasteiger partial charge in [0.2, 0.25) is 0 Å². The smallest absolute Gasteiger partial charge is 0.275 e. The van der Waals surface area contributed by atoms with E-state index in [4.69, 9.17) is 16.3 Å². The van der Waals surface area contributed by atoms with E-state index in [-0.39, 0.29) is 22.2 Å². The van der Waals surface area contributed by atoms with E-state index in [1.54, 1.807) is 13.1 Å². The van der Waals surface area contributed by atoms with Crippen molar-refractivity contribution >= 4 is 23.0 Å². The summed E-state index contributed by atoms with van der Waals surface area (Å²) in [5, 5.41) is 13.6. The topological polar surface area (TPSA) is 64.4 Å². The summed E-state index contributed by atoms with van der Waals surface area (Å²) in [6.07, 6.45) is 0. The van der Waals surface area contributed by atoms with E-state index in [9.17, 15) is 14.5 Å². The number of nitrogens with one attached hydrogen (secondary N) is 1. The second-order valence-electron chi connectivity index (χ2n) is 3.90. The Hall–Kier alpha value is -2.34. The third-order valence-corrected chi connectivity index (χ3v) is 2.82. The van der Waals surface area contributed by atoms with Crippen LogP contribution in [0.25, 0.3) is 0 Å². The van der Waals surface area contributed by atoms with Crippen molar-refractivity contribution in [1.29, 1.82) is 0 Å². The highest BCUT2D eigenvalue weighted by Crippen LogP contribution is 2.30. The van der Waals surface area contributed by atoms with Crippen molar-refractivity contribution in [3.8, 4) is 11.5 Å². The molecule has 0 aliphatic heterocycles. The monoisotopic (exact) mass is 296 g/mol. The molecule has 0 saturated carbocycles. The van der Waals surface area contributed by atoms with E-state index in [1.165, 1.54) is 24.3 Å². The van der Waals surface area contributed by atoms with Crippen LogP contribution in [0.2, 0.25) is 5.02 Å². The molecule has 2 aromatic carbocycles. The molecule has 0 aromatic heterocycles. The largest absolute Gasteiger partial charge is 0.457 e. The molecule has 0 unspecified atom stereocenters. The number of rotatable bonds is 4. The van der Waals surface area contributed by atoms with Crippen LogP contribution in [0.5, 0.6) is 11.5 Å². The molecular weight excluding hydrogens is 287 g/mol. The lowest BCUT2D eigenvalue weighted by molar-refractivity contribution is -0.384. The number of benzene rings is 2. The molecule has 7 heteroatoms. The van der Waals surface area contributed by atoms with Gasteiger partial charge in [0.05, 0.1) is 16.0 Å². The van der Waals surface area contributed by atoms with Crippen molar-refractivity contribution in [3.63, 3.8) is 0 Å². The third-order valence-electron chi connectivity index (χ3n) is 2.52. The molecule has 2 aromatic rings. The van der Waals surface area contributed by atoms with Crippen molar-refractivity contribution < 1.29 is 14.1 Å². The Bertz CT molecular complexity index is 664. The van der Waals surface area contributed by atoms with Crippen molar-refractivity contribution in [2.45, 2.75) is 0 Å². The van der Waals surface area contributed by atoms with E-state index in [0.717, 1.165) is 6.07 Å². The summed E-state index contributed by atoms with van der Waals surface area (Å²) in [5.41, 5.74) is 0.393. The number of ether oxygens (including phenoxy) is 1. The van der Waals surface area contributed by atoms with Crippen molar-refractivity contribution in [2.24, 2.45) is 0 Å². The highest BCUT2D eigenvalue weighted by molar-refractivity contribution is 6.30. The van der Waals surface area contributed by atoms with Gasteiger partial charge in [0.25, 0.3) is 5.69 Å². The van der Waals surface area contributed by atoms with Gasteiger partial charge in [-0.3, -0.25) is 10.1 Å². The van der Waals surface area contributed by atoms with Crippen molar-refractivity contribution in [3.05, 3.63) is 57.4 Å². The zero-order chi connectivity index (χ0) is 14.7. The SMILES string of the molecule is CNc1cc(Oc2ccc(Cl)c(F)c2)cc([N+](=O)[O-])c1. The summed E-state index contributed by atoms with van der Waals surface area (Å²) < 4.78 is 18.7. The van der Waals surface area contributed by atoms with E-state index >= 15 is 0 Å². The Morgan fingerprint density at radius 3 is 2.60 bits per heavy atom. The van der Waals surface area contributed by atoms with Crippen LogP contribution in [-0.4, -0.2) is 12.0 Å².